The monoisotopic (exact) mass is 385 g/mol. The summed E-state index contributed by atoms with van der Waals surface area (Å²) < 4.78 is 28.2. The van der Waals surface area contributed by atoms with E-state index in [-0.39, 0.29) is 23.2 Å². The van der Waals surface area contributed by atoms with Crippen LogP contribution in [0.2, 0.25) is 0 Å². The van der Waals surface area contributed by atoms with Gasteiger partial charge in [-0.15, -0.1) is 12.4 Å². The van der Waals surface area contributed by atoms with Crippen LogP contribution < -0.4 is 15.8 Å². The minimum Gasteiger partial charge on any atom is -0.494 e. The molecule has 0 spiro atoms. The lowest BCUT2D eigenvalue weighted by atomic mass is 10.3. The fraction of sp³-hybridized carbons (Fsp3) is 0.250. The number of nitrogens with two attached hydrogens (primary N) is 1. The van der Waals surface area contributed by atoms with Crippen molar-refractivity contribution in [3.63, 3.8) is 0 Å². The highest BCUT2D eigenvalue weighted by molar-refractivity contribution is 7.90. The fourth-order valence-electron chi connectivity index (χ4n) is 1.91. The first-order chi connectivity index (χ1) is 11.3. The molecule has 0 fully saturated rings. The minimum atomic E-state index is -3.21. The first-order valence-corrected chi connectivity index (χ1v) is 9.18. The Morgan fingerprint density at radius 3 is 2.44 bits per heavy atom. The molecule has 2 aromatic rings. The highest BCUT2D eigenvalue weighted by Crippen LogP contribution is 2.16. The van der Waals surface area contributed by atoms with Gasteiger partial charge in [0.05, 0.1) is 23.4 Å². The van der Waals surface area contributed by atoms with E-state index in [9.17, 15) is 13.2 Å². The molecule has 0 aliphatic carbocycles. The van der Waals surface area contributed by atoms with E-state index < -0.39 is 9.84 Å². The molecule has 25 heavy (non-hydrogen) atoms. The second kappa shape index (κ2) is 9.24. The normalized spacial score (nSPS) is 10.6. The molecular weight excluding hydrogens is 366 g/mol. The number of nitrogens with zero attached hydrogens (tertiary/aromatic N) is 1. The SMILES string of the molecule is CS(=O)(=O)c1ccc(OCCCC(=O)Nc2ccc(N)nc2)cc1.Cl. The third-order valence-corrected chi connectivity index (χ3v) is 4.27. The second-order valence-corrected chi connectivity index (χ2v) is 7.23. The zero-order chi connectivity index (χ0) is 17.6. The predicted octanol–water partition coefficient (Wildman–Crippen LogP) is 2.29. The van der Waals surface area contributed by atoms with Crippen molar-refractivity contribution in [3.8, 4) is 5.75 Å². The number of rotatable bonds is 7. The van der Waals surface area contributed by atoms with Gasteiger partial charge in [0.15, 0.2) is 9.84 Å². The van der Waals surface area contributed by atoms with Gasteiger partial charge >= 0.3 is 0 Å². The molecular formula is C16H20ClN3O4S. The molecule has 7 nitrogen and oxygen atoms in total. The molecule has 0 saturated carbocycles. The Balaban J connectivity index is 0.00000312. The summed E-state index contributed by atoms with van der Waals surface area (Å²) in [4.78, 5) is 15.9. The molecule has 0 aliphatic rings. The predicted molar refractivity (Wildman–Crippen MR) is 98.8 cm³/mol. The molecule has 0 atom stereocenters. The van der Waals surface area contributed by atoms with Gasteiger partial charge in [0.1, 0.15) is 11.6 Å². The van der Waals surface area contributed by atoms with Crippen LogP contribution in [0.1, 0.15) is 12.8 Å². The maximum absolute atomic E-state index is 11.8. The number of hydrogen-bond donors (Lipinski definition) is 2. The summed E-state index contributed by atoms with van der Waals surface area (Å²) in [6.07, 6.45) is 3.47. The maximum Gasteiger partial charge on any atom is 0.224 e. The van der Waals surface area contributed by atoms with Crippen molar-refractivity contribution in [1.82, 2.24) is 4.98 Å². The quantitative estimate of drug-likeness (QED) is 0.707. The lowest BCUT2D eigenvalue weighted by Crippen LogP contribution is -2.13. The first kappa shape index (κ1) is 20.7. The molecule has 1 aromatic heterocycles. The number of aromatic nitrogens is 1. The number of carbonyl (C=O) groups is 1. The van der Waals surface area contributed by atoms with Crippen molar-refractivity contribution in [3.05, 3.63) is 42.6 Å². The Kier molecular flexibility index (Phi) is 7.66. The standard InChI is InChI=1S/C16H19N3O4S.ClH/c1-24(21,22)14-7-5-13(6-8-14)23-10-2-3-16(20)19-12-4-9-15(17)18-11-12;/h4-9,11H,2-3,10H2,1H3,(H2,17,18)(H,19,20);1H. The molecule has 0 saturated heterocycles. The third-order valence-electron chi connectivity index (χ3n) is 3.14. The molecule has 1 amide bonds. The van der Waals surface area contributed by atoms with E-state index in [2.05, 4.69) is 10.3 Å². The van der Waals surface area contributed by atoms with Crippen molar-refractivity contribution in [2.45, 2.75) is 17.7 Å². The van der Waals surface area contributed by atoms with Crippen LogP contribution in [0.3, 0.4) is 0 Å². The Bertz CT molecular complexity index is 793. The van der Waals surface area contributed by atoms with Crippen molar-refractivity contribution in [1.29, 1.82) is 0 Å². The van der Waals surface area contributed by atoms with Gasteiger partial charge in [-0.25, -0.2) is 13.4 Å². The van der Waals surface area contributed by atoms with Crippen LogP contribution in [-0.4, -0.2) is 32.2 Å². The number of pyridine rings is 1. The van der Waals surface area contributed by atoms with Gasteiger partial charge in [-0.1, -0.05) is 0 Å². The molecule has 2 rings (SSSR count). The Hall–Kier alpha value is -2.32. The number of nitrogen functional groups attached to an aromatic ring is 1. The van der Waals surface area contributed by atoms with Crippen molar-refractivity contribution < 1.29 is 17.9 Å². The Labute approximate surface area is 152 Å². The minimum absolute atomic E-state index is 0. The number of sulfone groups is 1. The number of hydrogen-bond acceptors (Lipinski definition) is 6. The molecule has 9 heteroatoms. The van der Waals surface area contributed by atoms with Gasteiger partial charge in [0.2, 0.25) is 5.91 Å². The number of benzene rings is 1. The molecule has 1 aromatic carbocycles. The Morgan fingerprint density at radius 2 is 1.88 bits per heavy atom. The van der Waals surface area contributed by atoms with Gasteiger partial charge < -0.3 is 15.8 Å². The van der Waals surface area contributed by atoms with Gasteiger partial charge in [-0.05, 0) is 42.8 Å². The van der Waals surface area contributed by atoms with Gasteiger partial charge in [-0.2, -0.15) is 0 Å². The smallest absolute Gasteiger partial charge is 0.224 e. The lowest BCUT2D eigenvalue weighted by molar-refractivity contribution is -0.116. The first-order valence-electron chi connectivity index (χ1n) is 7.29. The highest BCUT2D eigenvalue weighted by atomic mass is 35.5. The summed E-state index contributed by atoms with van der Waals surface area (Å²) in [6, 6.07) is 9.46. The fourth-order valence-corrected chi connectivity index (χ4v) is 2.54. The zero-order valence-corrected chi connectivity index (χ0v) is 15.3. The van der Waals surface area contributed by atoms with Crippen LogP contribution in [0.25, 0.3) is 0 Å². The average Bonchev–Trinajstić information content (AvgIpc) is 2.53. The number of amides is 1. The van der Waals surface area contributed by atoms with Crippen LogP contribution >= 0.6 is 12.4 Å². The summed E-state index contributed by atoms with van der Waals surface area (Å²) >= 11 is 0. The lowest BCUT2D eigenvalue weighted by Gasteiger charge is -2.07. The summed E-state index contributed by atoms with van der Waals surface area (Å²) in [5.74, 6) is 0.812. The molecule has 0 radical (unpaired) electrons. The Morgan fingerprint density at radius 1 is 1.20 bits per heavy atom. The third kappa shape index (κ3) is 6.98. The van der Waals surface area contributed by atoms with Gasteiger partial charge in [-0.3, -0.25) is 4.79 Å². The molecule has 0 bridgehead atoms. The van der Waals surface area contributed by atoms with Crippen molar-refractivity contribution >= 4 is 39.7 Å². The maximum atomic E-state index is 11.8. The summed E-state index contributed by atoms with van der Waals surface area (Å²) in [6.45, 7) is 0.353. The highest BCUT2D eigenvalue weighted by Gasteiger charge is 2.07. The number of halogens is 1. The van der Waals surface area contributed by atoms with Crippen LogP contribution in [0.5, 0.6) is 5.75 Å². The largest absolute Gasteiger partial charge is 0.494 e. The van der Waals surface area contributed by atoms with E-state index in [1.807, 2.05) is 0 Å². The number of anilines is 2. The molecule has 0 aliphatic heterocycles. The van der Waals surface area contributed by atoms with Crippen LogP contribution in [0.4, 0.5) is 11.5 Å². The number of ether oxygens (including phenoxy) is 1. The summed E-state index contributed by atoms with van der Waals surface area (Å²) in [5.41, 5.74) is 6.06. The van der Waals surface area contributed by atoms with Crippen molar-refractivity contribution in [2.75, 3.05) is 23.9 Å². The average molecular weight is 386 g/mol. The van der Waals surface area contributed by atoms with Crippen LogP contribution in [0.15, 0.2) is 47.5 Å². The molecule has 136 valence electrons. The topological polar surface area (TPSA) is 111 Å². The van der Waals surface area contributed by atoms with Crippen molar-refractivity contribution in [2.24, 2.45) is 0 Å². The second-order valence-electron chi connectivity index (χ2n) is 5.22. The van der Waals surface area contributed by atoms with Crippen LogP contribution in [-0.2, 0) is 14.6 Å². The van der Waals surface area contributed by atoms with E-state index in [4.69, 9.17) is 10.5 Å². The van der Waals surface area contributed by atoms with E-state index in [0.29, 0.717) is 36.7 Å². The molecule has 3 N–H and O–H groups in total. The van der Waals surface area contributed by atoms with E-state index in [1.54, 1.807) is 24.3 Å². The summed E-state index contributed by atoms with van der Waals surface area (Å²) in [5, 5.41) is 2.71. The zero-order valence-electron chi connectivity index (χ0n) is 13.6. The van der Waals surface area contributed by atoms with Gasteiger partial charge in [0, 0.05) is 12.7 Å². The number of carbonyl (C=O) groups excluding carboxylic acids is 1. The number of nitrogens with one attached hydrogen (secondary N) is 1. The van der Waals surface area contributed by atoms with E-state index in [0.717, 1.165) is 6.26 Å². The molecule has 1 heterocycles. The van der Waals surface area contributed by atoms with E-state index >= 15 is 0 Å². The van der Waals surface area contributed by atoms with E-state index in [1.165, 1.54) is 18.3 Å². The molecule has 0 unspecified atom stereocenters. The van der Waals surface area contributed by atoms with Gasteiger partial charge in [0.25, 0.3) is 0 Å². The summed E-state index contributed by atoms with van der Waals surface area (Å²) in [7, 11) is -3.21. The van der Waals surface area contributed by atoms with Crippen LogP contribution in [0, 0.1) is 0 Å².